The van der Waals surface area contributed by atoms with E-state index in [2.05, 4.69) is 21.4 Å². The fraction of sp³-hybridized carbons (Fsp3) is 0.214. The molecule has 1 N–H and O–H groups in total. The molecular weight excluding hydrogens is 238 g/mol. The summed E-state index contributed by atoms with van der Waals surface area (Å²) in [5.41, 5.74) is 1.54. The van der Waals surface area contributed by atoms with Crippen molar-refractivity contribution in [2.45, 2.75) is 6.92 Å². The predicted molar refractivity (Wildman–Crippen MR) is 75.5 cm³/mol. The maximum absolute atomic E-state index is 8.94. The molecule has 1 aromatic heterocycles. The minimum absolute atomic E-state index is 0.629. The first kappa shape index (κ1) is 12.8. The Morgan fingerprint density at radius 2 is 2.05 bits per heavy atom. The van der Waals surface area contributed by atoms with E-state index in [4.69, 9.17) is 5.26 Å². The lowest BCUT2D eigenvalue weighted by molar-refractivity contribution is 1.01. The summed E-state index contributed by atoms with van der Waals surface area (Å²) in [7, 11) is 3.74. The van der Waals surface area contributed by atoms with Crippen LogP contribution in [0, 0.1) is 18.3 Å². The highest BCUT2D eigenvalue weighted by Gasteiger charge is 2.08. The zero-order valence-corrected chi connectivity index (χ0v) is 11.2. The Bertz CT molecular complexity index is 630. The van der Waals surface area contributed by atoms with Crippen LogP contribution in [0.2, 0.25) is 0 Å². The van der Waals surface area contributed by atoms with E-state index < -0.39 is 0 Å². The van der Waals surface area contributed by atoms with E-state index >= 15 is 0 Å². The fourth-order valence-electron chi connectivity index (χ4n) is 1.77. The van der Waals surface area contributed by atoms with Crippen LogP contribution in [0.1, 0.15) is 11.4 Å². The van der Waals surface area contributed by atoms with Crippen LogP contribution in [0.15, 0.2) is 30.3 Å². The first-order chi connectivity index (χ1) is 9.13. The molecule has 0 fully saturated rings. The molecule has 2 rings (SSSR count). The first-order valence-electron chi connectivity index (χ1n) is 5.91. The topological polar surface area (TPSA) is 64.8 Å². The van der Waals surface area contributed by atoms with E-state index in [1.165, 1.54) is 0 Å². The Morgan fingerprint density at radius 3 is 2.74 bits per heavy atom. The minimum Gasteiger partial charge on any atom is -0.373 e. The Balaban J connectivity index is 2.40. The van der Waals surface area contributed by atoms with Gasteiger partial charge in [-0.3, -0.25) is 0 Å². The van der Waals surface area contributed by atoms with Gasteiger partial charge in [0.1, 0.15) is 17.5 Å². The molecule has 0 radical (unpaired) electrons. The maximum atomic E-state index is 8.94. The number of rotatable bonds is 3. The van der Waals surface area contributed by atoms with Gasteiger partial charge in [0.25, 0.3) is 0 Å². The summed E-state index contributed by atoms with van der Waals surface area (Å²) in [6.07, 6.45) is 0. The van der Waals surface area contributed by atoms with Gasteiger partial charge in [-0.2, -0.15) is 5.26 Å². The second-order valence-corrected chi connectivity index (χ2v) is 4.13. The van der Waals surface area contributed by atoms with Crippen LogP contribution in [0.4, 0.5) is 17.3 Å². The summed E-state index contributed by atoms with van der Waals surface area (Å²) in [6.45, 7) is 1.85. The number of aryl methyl sites for hydroxylation is 1. The lowest BCUT2D eigenvalue weighted by atomic mass is 10.2. The normalized spacial score (nSPS) is 9.79. The van der Waals surface area contributed by atoms with Crippen molar-refractivity contribution in [3.8, 4) is 6.07 Å². The zero-order valence-electron chi connectivity index (χ0n) is 11.2. The molecule has 2 aromatic rings. The number of hydrogen-bond donors (Lipinski definition) is 1. The molecule has 0 bridgehead atoms. The van der Waals surface area contributed by atoms with Crippen molar-refractivity contribution < 1.29 is 0 Å². The van der Waals surface area contributed by atoms with Gasteiger partial charge < -0.3 is 10.2 Å². The quantitative estimate of drug-likeness (QED) is 0.910. The summed E-state index contributed by atoms with van der Waals surface area (Å²) in [5, 5.41) is 11.9. The Morgan fingerprint density at radius 1 is 1.26 bits per heavy atom. The van der Waals surface area contributed by atoms with Crippen LogP contribution in [0.25, 0.3) is 0 Å². The van der Waals surface area contributed by atoms with Crippen molar-refractivity contribution >= 4 is 17.3 Å². The van der Waals surface area contributed by atoms with E-state index in [0.717, 1.165) is 17.3 Å². The molecule has 96 valence electrons. The first-order valence-corrected chi connectivity index (χ1v) is 5.91. The van der Waals surface area contributed by atoms with Crippen LogP contribution in [0.5, 0.6) is 0 Å². The molecule has 0 aliphatic rings. The standard InChI is InChI=1S/C14H15N5/c1-10-17-13(16-2)8-14(18-10)19(3)12-6-4-5-11(7-12)9-15/h4-8H,1-3H3,(H,16,17,18). The number of nitriles is 1. The van der Waals surface area contributed by atoms with Crippen molar-refractivity contribution in [3.63, 3.8) is 0 Å². The van der Waals surface area contributed by atoms with Crippen LogP contribution >= 0.6 is 0 Å². The van der Waals surface area contributed by atoms with Gasteiger partial charge in [0.15, 0.2) is 0 Å². The van der Waals surface area contributed by atoms with Crippen LogP contribution in [0.3, 0.4) is 0 Å². The molecule has 0 saturated heterocycles. The molecule has 5 nitrogen and oxygen atoms in total. The summed E-state index contributed by atoms with van der Waals surface area (Å²) >= 11 is 0. The second kappa shape index (κ2) is 5.36. The second-order valence-electron chi connectivity index (χ2n) is 4.13. The number of nitrogens with zero attached hydrogens (tertiary/aromatic N) is 4. The lowest BCUT2D eigenvalue weighted by Crippen LogP contribution is -2.13. The summed E-state index contributed by atoms with van der Waals surface area (Å²) in [6, 6.07) is 11.4. The summed E-state index contributed by atoms with van der Waals surface area (Å²) in [5.74, 6) is 2.25. The van der Waals surface area contributed by atoms with Crippen LogP contribution in [-0.4, -0.2) is 24.1 Å². The van der Waals surface area contributed by atoms with Crippen molar-refractivity contribution in [1.29, 1.82) is 5.26 Å². The highest BCUT2D eigenvalue weighted by Crippen LogP contribution is 2.24. The van der Waals surface area contributed by atoms with Crippen molar-refractivity contribution in [2.75, 3.05) is 24.3 Å². The smallest absolute Gasteiger partial charge is 0.138 e. The highest BCUT2D eigenvalue weighted by atomic mass is 15.2. The number of anilines is 3. The third kappa shape index (κ3) is 2.80. The molecule has 5 heteroatoms. The van der Waals surface area contributed by atoms with Gasteiger partial charge >= 0.3 is 0 Å². The van der Waals surface area contributed by atoms with E-state index in [9.17, 15) is 0 Å². The van der Waals surface area contributed by atoms with E-state index in [0.29, 0.717) is 11.4 Å². The Kier molecular flexibility index (Phi) is 3.62. The van der Waals surface area contributed by atoms with Gasteiger partial charge in [-0.1, -0.05) is 6.07 Å². The number of aromatic nitrogens is 2. The average molecular weight is 253 g/mol. The van der Waals surface area contributed by atoms with Gasteiger partial charge in [-0.05, 0) is 25.1 Å². The van der Waals surface area contributed by atoms with Gasteiger partial charge in [0.05, 0.1) is 11.6 Å². The molecule has 1 aromatic carbocycles. The van der Waals surface area contributed by atoms with E-state index in [1.54, 1.807) is 6.07 Å². The van der Waals surface area contributed by atoms with Crippen molar-refractivity contribution in [1.82, 2.24) is 9.97 Å². The Labute approximate surface area is 112 Å². The SMILES string of the molecule is CNc1cc(N(C)c2cccc(C#N)c2)nc(C)n1. The molecule has 0 saturated carbocycles. The molecule has 0 aliphatic heterocycles. The molecule has 1 heterocycles. The summed E-state index contributed by atoms with van der Waals surface area (Å²) < 4.78 is 0. The molecule has 0 atom stereocenters. The summed E-state index contributed by atoms with van der Waals surface area (Å²) in [4.78, 5) is 10.6. The molecule has 19 heavy (non-hydrogen) atoms. The van der Waals surface area contributed by atoms with Gasteiger partial charge in [0, 0.05) is 25.8 Å². The monoisotopic (exact) mass is 253 g/mol. The minimum atomic E-state index is 0.629. The third-order valence-corrected chi connectivity index (χ3v) is 2.79. The molecule has 0 unspecified atom stereocenters. The third-order valence-electron chi connectivity index (χ3n) is 2.79. The zero-order chi connectivity index (χ0) is 13.8. The van der Waals surface area contributed by atoms with E-state index in [1.807, 2.05) is 50.2 Å². The average Bonchev–Trinajstić information content (AvgIpc) is 2.45. The highest BCUT2D eigenvalue weighted by molar-refractivity contribution is 5.63. The van der Waals surface area contributed by atoms with Crippen LogP contribution in [-0.2, 0) is 0 Å². The number of hydrogen-bond acceptors (Lipinski definition) is 5. The molecule has 0 spiro atoms. The Hall–Kier alpha value is -2.61. The maximum Gasteiger partial charge on any atom is 0.138 e. The largest absolute Gasteiger partial charge is 0.373 e. The van der Waals surface area contributed by atoms with Crippen molar-refractivity contribution in [3.05, 3.63) is 41.7 Å². The van der Waals surface area contributed by atoms with Gasteiger partial charge in [0.2, 0.25) is 0 Å². The predicted octanol–water partition coefficient (Wildman–Crippen LogP) is 2.47. The molecular formula is C14H15N5. The lowest BCUT2D eigenvalue weighted by Gasteiger charge is -2.19. The number of benzene rings is 1. The van der Waals surface area contributed by atoms with E-state index in [-0.39, 0.29) is 0 Å². The van der Waals surface area contributed by atoms with Crippen molar-refractivity contribution in [2.24, 2.45) is 0 Å². The molecule has 0 aliphatic carbocycles. The van der Waals surface area contributed by atoms with Gasteiger partial charge in [-0.25, -0.2) is 9.97 Å². The fourth-order valence-corrected chi connectivity index (χ4v) is 1.77. The number of nitrogens with one attached hydrogen (secondary N) is 1. The molecule has 0 amide bonds. The van der Waals surface area contributed by atoms with Crippen LogP contribution < -0.4 is 10.2 Å². The van der Waals surface area contributed by atoms with Gasteiger partial charge in [-0.15, -0.1) is 0 Å².